The maximum Gasteiger partial charge on any atom is 0.251 e. The van der Waals surface area contributed by atoms with Gasteiger partial charge in [0.05, 0.1) is 4.90 Å². The van der Waals surface area contributed by atoms with Gasteiger partial charge in [-0.3, -0.25) is 4.79 Å². The number of carbonyl (C=O) groups excluding carboxylic acids is 1. The minimum absolute atomic E-state index is 0. The van der Waals surface area contributed by atoms with Crippen molar-refractivity contribution in [3.63, 3.8) is 0 Å². The van der Waals surface area contributed by atoms with Crippen LogP contribution in [0.1, 0.15) is 43.5 Å². The third-order valence-corrected chi connectivity index (χ3v) is 6.00. The van der Waals surface area contributed by atoms with E-state index >= 15 is 0 Å². The van der Waals surface area contributed by atoms with Crippen LogP contribution in [0.3, 0.4) is 0 Å². The number of hydrogen-bond acceptors (Lipinski definition) is 4. The molecule has 1 fully saturated rings. The first-order chi connectivity index (χ1) is 11.4. The Morgan fingerprint density at radius 2 is 2.00 bits per heavy atom. The number of hydrogen-bond donors (Lipinski definition) is 3. The monoisotopic (exact) mass is 389 g/mol. The number of amides is 1. The van der Waals surface area contributed by atoms with Crippen LogP contribution in [0.2, 0.25) is 0 Å². The Hall–Kier alpha value is -1.15. The molecule has 0 saturated carbocycles. The van der Waals surface area contributed by atoms with Crippen molar-refractivity contribution in [3.05, 3.63) is 29.8 Å². The van der Waals surface area contributed by atoms with Crippen molar-refractivity contribution in [2.24, 2.45) is 5.92 Å². The first-order valence-electron chi connectivity index (χ1n) is 8.53. The van der Waals surface area contributed by atoms with Crippen molar-refractivity contribution in [3.8, 4) is 0 Å². The quantitative estimate of drug-likeness (QED) is 0.633. The summed E-state index contributed by atoms with van der Waals surface area (Å²) in [6, 6.07) is 5.93. The van der Waals surface area contributed by atoms with Crippen molar-refractivity contribution >= 4 is 28.3 Å². The Balaban J connectivity index is 0.00000312. The third-order valence-electron chi connectivity index (χ3n) is 4.40. The molecule has 2 unspecified atom stereocenters. The summed E-state index contributed by atoms with van der Waals surface area (Å²) in [5, 5.41) is 6.20. The molecule has 0 spiro atoms. The maximum absolute atomic E-state index is 12.2. The van der Waals surface area contributed by atoms with Gasteiger partial charge < -0.3 is 10.6 Å². The average Bonchev–Trinajstić information content (AvgIpc) is 3.07. The number of halogens is 1. The Labute approximate surface area is 156 Å². The minimum atomic E-state index is -3.53. The van der Waals surface area contributed by atoms with Crippen molar-refractivity contribution in [1.82, 2.24) is 15.4 Å². The molecule has 1 aliphatic heterocycles. The van der Waals surface area contributed by atoms with Gasteiger partial charge in [0, 0.05) is 18.2 Å². The Morgan fingerprint density at radius 1 is 1.32 bits per heavy atom. The normalized spacial score (nSPS) is 18.4. The van der Waals surface area contributed by atoms with Crippen LogP contribution in [0.15, 0.2) is 29.2 Å². The van der Waals surface area contributed by atoms with E-state index in [-0.39, 0.29) is 29.3 Å². The highest BCUT2D eigenvalue weighted by molar-refractivity contribution is 7.89. The highest BCUT2D eigenvalue weighted by Gasteiger charge is 2.17. The molecule has 2 atom stereocenters. The van der Waals surface area contributed by atoms with Gasteiger partial charge in [-0.05, 0) is 69.5 Å². The van der Waals surface area contributed by atoms with Crippen LogP contribution in [-0.4, -0.2) is 40.0 Å². The van der Waals surface area contributed by atoms with E-state index in [4.69, 9.17) is 0 Å². The molecule has 1 aliphatic rings. The van der Waals surface area contributed by atoms with Gasteiger partial charge in [0.1, 0.15) is 0 Å². The van der Waals surface area contributed by atoms with Gasteiger partial charge in [0.15, 0.2) is 0 Å². The summed E-state index contributed by atoms with van der Waals surface area (Å²) in [5.74, 6) is 0.462. The lowest BCUT2D eigenvalue weighted by Crippen LogP contribution is -2.32. The summed E-state index contributed by atoms with van der Waals surface area (Å²) in [5.41, 5.74) is 0.474. The molecule has 6 nitrogen and oxygen atoms in total. The van der Waals surface area contributed by atoms with E-state index < -0.39 is 10.0 Å². The Morgan fingerprint density at radius 3 is 2.56 bits per heavy atom. The molecule has 8 heteroatoms. The SMILES string of the molecule is CCC(C)NS(=O)(=O)c1ccc(C(=O)NCCC2CCNC2)cc1.Cl. The van der Waals surface area contributed by atoms with Crippen LogP contribution in [-0.2, 0) is 10.0 Å². The van der Waals surface area contributed by atoms with E-state index in [1.165, 1.54) is 12.1 Å². The summed E-state index contributed by atoms with van der Waals surface area (Å²) in [6.45, 7) is 6.45. The summed E-state index contributed by atoms with van der Waals surface area (Å²) in [4.78, 5) is 12.3. The van der Waals surface area contributed by atoms with Crippen LogP contribution in [0, 0.1) is 5.92 Å². The summed E-state index contributed by atoms with van der Waals surface area (Å²) in [7, 11) is -3.53. The van der Waals surface area contributed by atoms with Gasteiger partial charge in [0.2, 0.25) is 10.0 Å². The zero-order valence-corrected chi connectivity index (χ0v) is 16.4. The fraction of sp³-hybridized carbons (Fsp3) is 0.588. The molecule has 1 saturated heterocycles. The molecule has 0 bridgehead atoms. The van der Waals surface area contributed by atoms with E-state index in [2.05, 4.69) is 15.4 Å². The van der Waals surface area contributed by atoms with Crippen LogP contribution in [0.5, 0.6) is 0 Å². The molecule has 1 amide bonds. The first-order valence-corrected chi connectivity index (χ1v) is 10.0. The minimum Gasteiger partial charge on any atom is -0.352 e. The predicted molar refractivity (Wildman–Crippen MR) is 102 cm³/mol. The molecule has 0 aliphatic carbocycles. The lowest BCUT2D eigenvalue weighted by atomic mass is 10.1. The molecule has 3 N–H and O–H groups in total. The fourth-order valence-electron chi connectivity index (χ4n) is 2.65. The van der Waals surface area contributed by atoms with E-state index in [1.54, 1.807) is 12.1 Å². The number of rotatable bonds is 8. The Kier molecular flexibility index (Phi) is 8.85. The smallest absolute Gasteiger partial charge is 0.251 e. The van der Waals surface area contributed by atoms with Crippen LogP contribution in [0.25, 0.3) is 0 Å². The molecule has 0 aromatic heterocycles. The fourth-order valence-corrected chi connectivity index (χ4v) is 3.98. The van der Waals surface area contributed by atoms with Crippen LogP contribution < -0.4 is 15.4 Å². The second-order valence-corrected chi connectivity index (χ2v) is 8.07. The molecule has 1 heterocycles. The zero-order chi connectivity index (χ0) is 17.6. The van der Waals surface area contributed by atoms with Gasteiger partial charge in [-0.1, -0.05) is 6.92 Å². The van der Waals surface area contributed by atoms with Gasteiger partial charge >= 0.3 is 0 Å². The largest absolute Gasteiger partial charge is 0.352 e. The molecular formula is C17H28ClN3O3S. The van der Waals surface area contributed by atoms with E-state index in [0.717, 1.165) is 32.4 Å². The van der Waals surface area contributed by atoms with Crippen molar-refractivity contribution in [2.75, 3.05) is 19.6 Å². The standard InChI is InChI=1S/C17H27N3O3S.ClH/c1-3-13(2)20-24(22,23)16-6-4-15(5-7-16)17(21)19-11-9-14-8-10-18-12-14;/h4-7,13-14,18,20H,3,8-12H2,1-2H3,(H,19,21);1H. The summed E-state index contributed by atoms with van der Waals surface area (Å²) in [6.07, 6.45) is 2.84. The van der Waals surface area contributed by atoms with Gasteiger partial charge in [-0.15, -0.1) is 12.4 Å². The summed E-state index contributed by atoms with van der Waals surface area (Å²) >= 11 is 0. The molecule has 2 rings (SSSR count). The lowest BCUT2D eigenvalue weighted by molar-refractivity contribution is 0.0951. The van der Waals surface area contributed by atoms with E-state index in [0.29, 0.717) is 18.0 Å². The molecule has 142 valence electrons. The number of carbonyl (C=O) groups is 1. The second-order valence-electron chi connectivity index (χ2n) is 6.36. The van der Waals surface area contributed by atoms with E-state index in [9.17, 15) is 13.2 Å². The predicted octanol–water partition coefficient (Wildman–Crippen LogP) is 1.91. The third kappa shape index (κ3) is 6.58. The molecule has 0 radical (unpaired) electrons. The molecular weight excluding hydrogens is 362 g/mol. The van der Waals surface area contributed by atoms with Crippen molar-refractivity contribution < 1.29 is 13.2 Å². The number of sulfonamides is 1. The van der Waals surface area contributed by atoms with Crippen LogP contribution >= 0.6 is 12.4 Å². The highest BCUT2D eigenvalue weighted by Crippen LogP contribution is 2.13. The van der Waals surface area contributed by atoms with Gasteiger partial charge in [-0.25, -0.2) is 13.1 Å². The first kappa shape index (κ1) is 21.9. The highest BCUT2D eigenvalue weighted by atomic mass is 35.5. The van der Waals surface area contributed by atoms with Crippen LogP contribution in [0.4, 0.5) is 0 Å². The molecule has 25 heavy (non-hydrogen) atoms. The van der Waals surface area contributed by atoms with Gasteiger partial charge in [-0.2, -0.15) is 0 Å². The second kappa shape index (κ2) is 10.1. The number of nitrogens with one attached hydrogen (secondary N) is 3. The Bertz CT molecular complexity index is 644. The van der Waals surface area contributed by atoms with Gasteiger partial charge in [0.25, 0.3) is 5.91 Å². The average molecular weight is 390 g/mol. The van der Waals surface area contributed by atoms with Crippen molar-refractivity contribution in [2.45, 2.75) is 44.0 Å². The maximum atomic E-state index is 12.2. The van der Waals surface area contributed by atoms with Crippen molar-refractivity contribution in [1.29, 1.82) is 0 Å². The van der Waals surface area contributed by atoms with E-state index in [1.807, 2.05) is 13.8 Å². The summed E-state index contributed by atoms with van der Waals surface area (Å²) < 4.78 is 27.0. The topological polar surface area (TPSA) is 87.3 Å². The lowest BCUT2D eigenvalue weighted by Gasteiger charge is -2.12. The zero-order valence-electron chi connectivity index (χ0n) is 14.7. The number of benzene rings is 1. The molecule has 1 aromatic rings. The molecule has 1 aromatic carbocycles.